The van der Waals surface area contributed by atoms with Gasteiger partial charge in [0.05, 0.1) is 6.10 Å². The number of thioether (sulfide) groups is 1. The maximum absolute atomic E-state index is 10.8. The number of benzene rings is 2. The van der Waals surface area contributed by atoms with Gasteiger partial charge in [-0.25, -0.2) is 0 Å². The Labute approximate surface area is 190 Å². The van der Waals surface area contributed by atoms with E-state index in [1.807, 2.05) is 18.2 Å². The van der Waals surface area contributed by atoms with Gasteiger partial charge in [0.15, 0.2) is 0 Å². The Morgan fingerprint density at radius 1 is 0.871 bits per heavy atom. The third-order valence-corrected chi connectivity index (χ3v) is 6.52. The van der Waals surface area contributed by atoms with Crippen LogP contribution in [0.4, 0.5) is 0 Å². The number of aliphatic hydroxyl groups is 1. The quantitative estimate of drug-likeness (QED) is 0.381. The highest BCUT2D eigenvalue weighted by molar-refractivity contribution is 7.98. The van der Waals surface area contributed by atoms with Crippen molar-refractivity contribution in [2.75, 3.05) is 0 Å². The maximum atomic E-state index is 10.8. The first-order valence-corrected chi connectivity index (χ1v) is 11.9. The Bertz CT molecular complexity index is 1040. The average molecular weight is 436 g/mol. The monoisotopic (exact) mass is 435 g/mol. The number of rotatable bonds is 7. The first kappa shape index (κ1) is 23.4. The minimum Gasteiger partial charge on any atom is -0.507 e. The summed E-state index contributed by atoms with van der Waals surface area (Å²) in [7, 11) is 0. The highest BCUT2D eigenvalue weighted by atomic mass is 32.2. The normalized spacial score (nSPS) is 12.5. The van der Waals surface area contributed by atoms with Crippen molar-refractivity contribution in [2.45, 2.75) is 70.1 Å². The van der Waals surface area contributed by atoms with E-state index in [4.69, 9.17) is 4.98 Å². The summed E-state index contributed by atoms with van der Waals surface area (Å²) in [6, 6.07) is 15.9. The fraction of sp³-hybridized carbons (Fsp3) is 0.370. The Morgan fingerprint density at radius 3 is 2.03 bits per heavy atom. The molecule has 0 spiro atoms. The number of aryl methyl sites for hydroxylation is 1. The smallest absolute Gasteiger partial charge is 0.123 e. The highest BCUT2D eigenvalue weighted by Crippen LogP contribution is 2.44. The van der Waals surface area contributed by atoms with E-state index in [9.17, 15) is 10.2 Å². The number of aromatic hydroxyl groups is 1. The molecule has 1 aromatic heterocycles. The van der Waals surface area contributed by atoms with Crippen molar-refractivity contribution in [3.05, 3.63) is 76.6 Å². The van der Waals surface area contributed by atoms with E-state index < -0.39 is 6.10 Å². The van der Waals surface area contributed by atoms with Gasteiger partial charge in [0.2, 0.25) is 0 Å². The molecule has 0 saturated heterocycles. The molecule has 164 valence electrons. The molecule has 3 rings (SSSR count). The molecule has 3 nitrogen and oxygen atoms in total. The molecular weight excluding hydrogens is 402 g/mol. The van der Waals surface area contributed by atoms with Crippen LogP contribution >= 0.6 is 11.8 Å². The number of aromatic nitrogens is 1. The van der Waals surface area contributed by atoms with Crippen molar-refractivity contribution in [1.29, 1.82) is 0 Å². The van der Waals surface area contributed by atoms with E-state index in [1.165, 1.54) is 10.5 Å². The van der Waals surface area contributed by atoms with Crippen molar-refractivity contribution in [3.8, 4) is 16.9 Å². The fourth-order valence-corrected chi connectivity index (χ4v) is 4.88. The summed E-state index contributed by atoms with van der Waals surface area (Å²) in [5, 5.41) is 21.6. The Morgan fingerprint density at radius 2 is 1.48 bits per heavy atom. The molecule has 0 saturated carbocycles. The molecule has 2 aromatic carbocycles. The largest absolute Gasteiger partial charge is 0.507 e. The average Bonchev–Trinajstić information content (AvgIpc) is 2.72. The molecule has 31 heavy (non-hydrogen) atoms. The van der Waals surface area contributed by atoms with Gasteiger partial charge in [-0.3, -0.25) is 4.98 Å². The molecule has 0 fully saturated rings. The molecule has 0 aliphatic heterocycles. The van der Waals surface area contributed by atoms with Crippen molar-refractivity contribution in [1.82, 2.24) is 4.98 Å². The number of hydrogen-bond donors (Lipinski definition) is 2. The number of para-hydroxylation sites is 1. The Hall–Kier alpha value is -2.30. The third-order valence-electron chi connectivity index (χ3n) is 5.49. The van der Waals surface area contributed by atoms with Gasteiger partial charge in [-0.05, 0) is 55.0 Å². The van der Waals surface area contributed by atoms with Crippen LogP contribution in [0.3, 0.4) is 0 Å². The second-order valence-corrected chi connectivity index (χ2v) is 9.80. The van der Waals surface area contributed by atoms with Crippen LogP contribution < -0.4 is 0 Å². The first-order valence-electron chi connectivity index (χ1n) is 10.9. The van der Waals surface area contributed by atoms with E-state index in [1.54, 1.807) is 24.8 Å². The molecule has 2 N–H and O–H groups in total. The van der Waals surface area contributed by atoms with Crippen molar-refractivity contribution >= 4 is 11.8 Å². The van der Waals surface area contributed by atoms with Crippen LogP contribution in [-0.4, -0.2) is 15.2 Å². The zero-order valence-corrected chi connectivity index (χ0v) is 20.1. The van der Waals surface area contributed by atoms with Crippen LogP contribution in [-0.2, 0) is 5.75 Å². The predicted molar refractivity (Wildman–Crippen MR) is 131 cm³/mol. The van der Waals surface area contributed by atoms with Crippen LogP contribution in [0.25, 0.3) is 11.1 Å². The molecular formula is C27H33NO2S. The van der Waals surface area contributed by atoms with E-state index in [0.717, 1.165) is 33.6 Å². The molecule has 1 unspecified atom stereocenters. The lowest BCUT2D eigenvalue weighted by Gasteiger charge is -2.26. The van der Waals surface area contributed by atoms with Crippen LogP contribution in [0.15, 0.2) is 53.4 Å². The topological polar surface area (TPSA) is 53.4 Å². The van der Waals surface area contributed by atoms with Crippen LogP contribution in [0.1, 0.15) is 80.6 Å². The Kier molecular flexibility index (Phi) is 7.45. The molecule has 3 aromatic rings. The summed E-state index contributed by atoms with van der Waals surface area (Å²) in [5.74, 6) is 1.32. The molecule has 0 amide bonds. The van der Waals surface area contributed by atoms with Gasteiger partial charge >= 0.3 is 0 Å². The molecule has 1 heterocycles. The van der Waals surface area contributed by atoms with Gasteiger partial charge in [0.1, 0.15) is 5.75 Å². The lowest BCUT2D eigenvalue weighted by Crippen LogP contribution is -2.13. The molecule has 0 aliphatic rings. The van der Waals surface area contributed by atoms with Crippen LogP contribution in [0, 0.1) is 6.92 Å². The minimum absolute atomic E-state index is 0.158. The van der Waals surface area contributed by atoms with Gasteiger partial charge in [-0.1, -0.05) is 63.6 Å². The summed E-state index contributed by atoms with van der Waals surface area (Å²) in [6.07, 6.45) is -0.691. The SMILES string of the molecule is Cc1ccc(SCc2c(C(C)C)nc(C(C)C)c(C(C)O)c2-c2ccccc2O)cc1. The lowest BCUT2D eigenvalue weighted by atomic mass is 9.85. The van der Waals surface area contributed by atoms with E-state index >= 15 is 0 Å². The van der Waals surface area contributed by atoms with Crippen molar-refractivity contribution < 1.29 is 10.2 Å². The zero-order valence-electron chi connectivity index (χ0n) is 19.3. The van der Waals surface area contributed by atoms with Crippen molar-refractivity contribution in [3.63, 3.8) is 0 Å². The zero-order chi connectivity index (χ0) is 22.7. The van der Waals surface area contributed by atoms with Crippen LogP contribution in [0.5, 0.6) is 5.75 Å². The summed E-state index contributed by atoms with van der Waals surface area (Å²) < 4.78 is 0. The summed E-state index contributed by atoms with van der Waals surface area (Å²) >= 11 is 1.76. The molecule has 0 radical (unpaired) electrons. The van der Waals surface area contributed by atoms with Gasteiger partial charge in [0.25, 0.3) is 0 Å². The number of pyridine rings is 1. The van der Waals surface area contributed by atoms with E-state index in [-0.39, 0.29) is 17.6 Å². The third kappa shape index (κ3) is 5.13. The fourth-order valence-electron chi connectivity index (χ4n) is 3.95. The van der Waals surface area contributed by atoms with Gasteiger partial charge in [-0.15, -0.1) is 11.8 Å². The summed E-state index contributed by atoms with van der Waals surface area (Å²) in [6.45, 7) is 12.4. The second kappa shape index (κ2) is 9.88. The predicted octanol–water partition coefficient (Wildman–Crippen LogP) is 7.36. The van der Waals surface area contributed by atoms with Crippen molar-refractivity contribution in [2.24, 2.45) is 0 Å². The standard InChI is InChI=1S/C27H33NO2S/c1-16(2)26-22(15-31-20-13-11-18(5)12-14-20)25(21-9-7-8-10-23(21)30)24(19(6)29)27(28-26)17(3)4/h7-14,16-17,19,29-30H,15H2,1-6H3. The number of phenolic OH excluding ortho intramolecular Hbond substituents is 1. The summed E-state index contributed by atoms with van der Waals surface area (Å²) in [5.41, 5.74) is 6.76. The van der Waals surface area contributed by atoms with E-state index in [2.05, 4.69) is 58.9 Å². The Balaban J connectivity index is 2.28. The number of hydrogen-bond acceptors (Lipinski definition) is 4. The second-order valence-electron chi connectivity index (χ2n) is 8.75. The highest BCUT2D eigenvalue weighted by Gasteiger charge is 2.27. The molecule has 0 aliphatic carbocycles. The van der Waals surface area contributed by atoms with Gasteiger partial charge in [-0.2, -0.15) is 0 Å². The minimum atomic E-state index is -0.691. The van der Waals surface area contributed by atoms with Crippen LogP contribution in [0.2, 0.25) is 0 Å². The maximum Gasteiger partial charge on any atom is 0.123 e. The number of aliphatic hydroxyl groups excluding tert-OH is 1. The molecule has 1 atom stereocenters. The molecule has 4 heteroatoms. The lowest BCUT2D eigenvalue weighted by molar-refractivity contribution is 0.197. The number of nitrogens with zero attached hydrogens (tertiary/aromatic N) is 1. The van der Waals surface area contributed by atoms with Gasteiger partial charge < -0.3 is 10.2 Å². The first-order chi connectivity index (χ1) is 14.7. The number of phenols is 1. The van der Waals surface area contributed by atoms with Gasteiger partial charge in [0, 0.05) is 33.2 Å². The molecule has 0 bridgehead atoms. The van der Waals surface area contributed by atoms with E-state index in [0.29, 0.717) is 5.75 Å². The summed E-state index contributed by atoms with van der Waals surface area (Å²) in [4.78, 5) is 6.27.